The van der Waals surface area contributed by atoms with Gasteiger partial charge in [0, 0.05) is 6.20 Å². The molecule has 0 aliphatic heterocycles. The average molecular weight is 243 g/mol. The summed E-state index contributed by atoms with van der Waals surface area (Å²) in [5.74, 6) is 0. The summed E-state index contributed by atoms with van der Waals surface area (Å²) in [5, 5.41) is 7.87. The van der Waals surface area contributed by atoms with Gasteiger partial charge < -0.3 is 5.32 Å². The van der Waals surface area contributed by atoms with Crippen molar-refractivity contribution in [3.8, 4) is 0 Å². The van der Waals surface area contributed by atoms with Crippen LogP contribution in [0, 0.1) is 13.8 Å². The second kappa shape index (κ2) is 5.83. The quantitative estimate of drug-likeness (QED) is 0.875. The molecule has 0 fully saturated rings. The average Bonchev–Trinajstić information content (AvgIpc) is 2.75. The lowest BCUT2D eigenvalue weighted by molar-refractivity contribution is 0.448. The zero-order valence-electron chi connectivity index (χ0n) is 11.4. The minimum Gasteiger partial charge on any atom is -0.309 e. The van der Waals surface area contributed by atoms with E-state index in [4.69, 9.17) is 0 Å². The van der Waals surface area contributed by atoms with E-state index in [0.29, 0.717) is 6.04 Å². The molecule has 96 valence electrons. The summed E-state index contributed by atoms with van der Waals surface area (Å²) in [6, 6.07) is 9.02. The van der Waals surface area contributed by atoms with E-state index >= 15 is 0 Å². The molecule has 0 spiro atoms. The first-order chi connectivity index (χ1) is 8.69. The van der Waals surface area contributed by atoms with E-state index in [-0.39, 0.29) is 0 Å². The van der Waals surface area contributed by atoms with Crippen molar-refractivity contribution in [2.75, 3.05) is 6.54 Å². The van der Waals surface area contributed by atoms with E-state index in [0.717, 1.165) is 13.1 Å². The van der Waals surface area contributed by atoms with Gasteiger partial charge in [-0.25, -0.2) is 0 Å². The van der Waals surface area contributed by atoms with Crippen molar-refractivity contribution >= 4 is 0 Å². The molecule has 0 saturated heterocycles. The van der Waals surface area contributed by atoms with Crippen LogP contribution in [0.1, 0.15) is 29.7 Å². The Balaban J connectivity index is 2.14. The molecule has 1 N–H and O–H groups in total. The van der Waals surface area contributed by atoms with Crippen molar-refractivity contribution in [3.05, 3.63) is 53.3 Å². The highest BCUT2D eigenvalue weighted by atomic mass is 15.3. The van der Waals surface area contributed by atoms with Crippen LogP contribution in [0.3, 0.4) is 0 Å². The molecule has 0 amide bonds. The van der Waals surface area contributed by atoms with Gasteiger partial charge in [-0.2, -0.15) is 5.10 Å². The maximum Gasteiger partial charge on any atom is 0.0604 e. The Hall–Kier alpha value is -1.61. The predicted octanol–water partition coefficient (Wildman–Crippen LogP) is 2.85. The van der Waals surface area contributed by atoms with E-state index in [1.807, 2.05) is 10.9 Å². The maximum absolute atomic E-state index is 4.36. The predicted molar refractivity (Wildman–Crippen MR) is 74.6 cm³/mol. The fraction of sp³-hybridized carbons (Fsp3) is 0.400. The molecule has 0 aliphatic carbocycles. The molecule has 0 saturated carbocycles. The number of rotatable bonds is 5. The van der Waals surface area contributed by atoms with Crippen LogP contribution in [-0.2, 0) is 6.54 Å². The van der Waals surface area contributed by atoms with Crippen LogP contribution < -0.4 is 5.32 Å². The van der Waals surface area contributed by atoms with Crippen molar-refractivity contribution in [2.45, 2.75) is 33.4 Å². The van der Waals surface area contributed by atoms with Gasteiger partial charge in [0.1, 0.15) is 0 Å². The van der Waals surface area contributed by atoms with Crippen molar-refractivity contribution in [2.24, 2.45) is 0 Å². The van der Waals surface area contributed by atoms with Crippen LogP contribution in [0.2, 0.25) is 0 Å². The van der Waals surface area contributed by atoms with Crippen LogP contribution >= 0.6 is 0 Å². The molecule has 2 rings (SSSR count). The summed E-state index contributed by atoms with van der Waals surface area (Å²) in [5.41, 5.74) is 3.81. The number of aryl methyl sites for hydroxylation is 2. The van der Waals surface area contributed by atoms with E-state index in [1.165, 1.54) is 16.7 Å². The van der Waals surface area contributed by atoms with E-state index in [9.17, 15) is 0 Å². The molecule has 1 unspecified atom stereocenters. The highest BCUT2D eigenvalue weighted by Crippen LogP contribution is 2.16. The molecule has 1 aromatic carbocycles. The molecule has 18 heavy (non-hydrogen) atoms. The van der Waals surface area contributed by atoms with Crippen LogP contribution in [0.4, 0.5) is 0 Å². The topological polar surface area (TPSA) is 29.9 Å². The van der Waals surface area contributed by atoms with Crippen molar-refractivity contribution < 1.29 is 0 Å². The van der Waals surface area contributed by atoms with Gasteiger partial charge in [0.2, 0.25) is 0 Å². The third kappa shape index (κ3) is 3.20. The first-order valence-corrected chi connectivity index (χ1v) is 6.48. The zero-order chi connectivity index (χ0) is 13.0. The monoisotopic (exact) mass is 243 g/mol. The Morgan fingerprint density at radius 3 is 2.44 bits per heavy atom. The lowest BCUT2D eigenvalue weighted by Gasteiger charge is -2.18. The Morgan fingerprint density at radius 2 is 1.89 bits per heavy atom. The van der Waals surface area contributed by atoms with E-state index in [2.05, 4.69) is 61.6 Å². The minimum absolute atomic E-state index is 0.315. The molecule has 1 heterocycles. The maximum atomic E-state index is 4.36. The molecule has 1 atom stereocenters. The number of hydrogen-bond donors (Lipinski definition) is 1. The molecular weight excluding hydrogens is 222 g/mol. The summed E-state index contributed by atoms with van der Waals surface area (Å²) in [6.45, 7) is 8.14. The third-order valence-electron chi connectivity index (χ3n) is 3.06. The summed E-state index contributed by atoms with van der Waals surface area (Å²) in [7, 11) is 0. The van der Waals surface area contributed by atoms with E-state index in [1.54, 1.807) is 0 Å². The summed E-state index contributed by atoms with van der Waals surface area (Å²) >= 11 is 0. The highest BCUT2D eigenvalue weighted by molar-refractivity contribution is 5.24. The number of hydrogen-bond acceptors (Lipinski definition) is 2. The summed E-state index contributed by atoms with van der Waals surface area (Å²) < 4.78 is 2.00. The minimum atomic E-state index is 0.315. The fourth-order valence-corrected chi connectivity index (χ4v) is 2.09. The standard InChI is InChI=1S/C15H21N3/c1-4-16-15(11-18-10-13(3)9-17-18)14-7-5-12(2)6-8-14/h5-10,15-16H,4,11H2,1-3H3. The van der Waals surface area contributed by atoms with Gasteiger partial charge in [-0.15, -0.1) is 0 Å². The van der Waals surface area contributed by atoms with Gasteiger partial charge in [-0.3, -0.25) is 4.68 Å². The van der Waals surface area contributed by atoms with Gasteiger partial charge in [0.05, 0.1) is 18.8 Å². The molecule has 0 aliphatic rings. The van der Waals surface area contributed by atoms with Gasteiger partial charge in [-0.05, 0) is 31.5 Å². The zero-order valence-corrected chi connectivity index (χ0v) is 11.4. The fourth-order valence-electron chi connectivity index (χ4n) is 2.09. The van der Waals surface area contributed by atoms with Crippen molar-refractivity contribution in [3.63, 3.8) is 0 Å². The van der Waals surface area contributed by atoms with E-state index < -0.39 is 0 Å². The molecule has 1 aromatic heterocycles. The van der Waals surface area contributed by atoms with Crippen LogP contribution in [0.25, 0.3) is 0 Å². The van der Waals surface area contributed by atoms with Crippen molar-refractivity contribution in [1.82, 2.24) is 15.1 Å². The SMILES string of the molecule is CCNC(Cn1cc(C)cn1)c1ccc(C)cc1. The number of aromatic nitrogens is 2. The first-order valence-electron chi connectivity index (χ1n) is 6.48. The Morgan fingerprint density at radius 1 is 1.17 bits per heavy atom. The second-order valence-corrected chi connectivity index (χ2v) is 4.76. The Labute approximate surface area is 109 Å². The van der Waals surface area contributed by atoms with Crippen LogP contribution in [0.5, 0.6) is 0 Å². The number of likely N-dealkylation sites (N-methyl/N-ethyl adjacent to an activating group) is 1. The highest BCUT2D eigenvalue weighted by Gasteiger charge is 2.11. The summed E-state index contributed by atoms with van der Waals surface area (Å²) in [6.07, 6.45) is 3.98. The number of nitrogens with zero attached hydrogens (tertiary/aromatic N) is 2. The van der Waals surface area contributed by atoms with Gasteiger partial charge in [-0.1, -0.05) is 36.8 Å². The molecule has 2 aromatic rings. The Kier molecular flexibility index (Phi) is 4.15. The first kappa shape index (κ1) is 12.8. The smallest absolute Gasteiger partial charge is 0.0604 e. The van der Waals surface area contributed by atoms with Crippen LogP contribution in [-0.4, -0.2) is 16.3 Å². The van der Waals surface area contributed by atoms with Gasteiger partial charge in [0.25, 0.3) is 0 Å². The molecule has 0 bridgehead atoms. The molecule has 3 heteroatoms. The van der Waals surface area contributed by atoms with Crippen molar-refractivity contribution in [1.29, 1.82) is 0 Å². The normalized spacial score (nSPS) is 12.6. The molecular formula is C15H21N3. The summed E-state index contributed by atoms with van der Waals surface area (Å²) in [4.78, 5) is 0. The third-order valence-corrected chi connectivity index (χ3v) is 3.06. The largest absolute Gasteiger partial charge is 0.309 e. The second-order valence-electron chi connectivity index (χ2n) is 4.76. The number of nitrogens with one attached hydrogen (secondary N) is 1. The lowest BCUT2D eigenvalue weighted by Crippen LogP contribution is -2.25. The molecule has 3 nitrogen and oxygen atoms in total. The number of benzene rings is 1. The lowest BCUT2D eigenvalue weighted by atomic mass is 10.1. The van der Waals surface area contributed by atoms with Gasteiger partial charge >= 0.3 is 0 Å². The van der Waals surface area contributed by atoms with Gasteiger partial charge in [0.15, 0.2) is 0 Å². The molecule has 0 radical (unpaired) electrons. The Bertz CT molecular complexity index is 485. The van der Waals surface area contributed by atoms with Crippen LogP contribution in [0.15, 0.2) is 36.7 Å².